The summed E-state index contributed by atoms with van der Waals surface area (Å²) in [7, 11) is 0. The van der Waals surface area contributed by atoms with Crippen molar-refractivity contribution in [1.82, 2.24) is 9.78 Å². The van der Waals surface area contributed by atoms with Crippen molar-refractivity contribution >= 4 is 11.6 Å². The molecule has 2 aromatic rings. The molecule has 0 saturated heterocycles. The van der Waals surface area contributed by atoms with Gasteiger partial charge in [0, 0.05) is 24.2 Å². The van der Waals surface area contributed by atoms with Gasteiger partial charge in [0.2, 0.25) is 0 Å². The molecule has 0 radical (unpaired) electrons. The number of nitrogens with zero attached hydrogens (tertiary/aromatic N) is 2. The standard InChI is InChI=1S/C13H14ClFN2O/c1-2-17-12(5-6-16-17)13(18)8-9-7-10(15)3-4-11(9)14/h3-7,13,18H,2,8H2,1H3. The Hall–Kier alpha value is -1.39. The van der Waals surface area contributed by atoms with E-state index in [4.69, 9.17) is 11.6 Å². The molecule has 3 nitrogen and oxygen atoms in total. The number of benzene rings is 1. The van der Waals surface area contributed by atoms with E-state index in [1.165, 1.54) is 18.2 Å². The molecule has 0 bridgehead atoms. The second-order valence-corrected chi connectivity index (χ2v) is 4.43. The van der Waals surface area contributed by atoms with Crippen LogP contribution in [0.4, 0.5) is 4.39 Å². The Morgan fingerprint density at radius 1 is 1.44 bits per heavy atom. The zero-order valence-electron chi connectivity index (χ0n) is 9.98. The molecule has 2 rings (SSSR count). The highest BCUT2D eigenvalue weighted by Gasteiger charge is 2.15. The molecule has 0 aliphatic heterocycles. The normalized spacial score (nSPS) is 12.7. The van der Waals surface area contributed by atoms with Crippen LogP contribution in [0.2, 0.25) is 5.02 Å². The lowest BCUT2D eigenvalue weighted by Crippen LogP contribution is -2.10. The smallest absolute Gasteiger partial charge is 0.123 e. The summed E-state index contributed by atoms with van der Waals surface area (Å²) in [5, 5.41) is 14.7. The maximum absolute atomic E-state index is 13.1. The summed E-state index contributed by atoms with van der Waals surface area (Å²) >= 11 is 5.98. The van der Waals surface area contributed by atoms with Gasteiger partial charge in [-0.15, -0.1) is 0 Å². The fraction of sp³-hybridized carbons (Fsp3) is 0.308. The molecule has 1 N–H and O–H groups in total. The van der Waals surface area contributed by atoms with Crippen molar-refractivity contribution < 1.29 is 9.50 Å². The minimum absolute atomic E-state index is 0.266. The first-order valence-electron chi connectivity index (χ1n) is 5.75. The molecule has 0 fully saturated rings. The Kier molecular flexibility index (Phi) is 3.99. The average molecular weight is 269 g/mol. The highest BCUT2D eigenvalue weighted by atomic mass is 35.5. The number of rotatable bonds is 4. The van der Waals surface area contributed by atoms with Crippen molar-refractivity contribution in [2.75, 3.05) is 0 Å². The largest absolute Gasteiger partial charge is 0.386 e. The van der Waals surface area contributed by atoms with Crippen LogP contribution in [0.1, 0.15) is 24.3 Å². The lowest BCUT2D eigenvalue weighted by molar-refractivity contribution is 0.167. The molecule has 1 aromatic heterocycles. The first-order chi connectivity index (χ1) is 8.61. The first-order valence-corrected chi connectivity index (χ1v) is 6.13. The van der Waals surface area contributed by atoms with Crippen molar-refractivity contribution in [1.29, 1.82) is 0 Å². The molecular weight excluding hydrogens is 255 g/mol. The van der Waals surface area contributed by atoms with Crippen LogP contribution in [-0.2, 0) is 13.0 Å². The molecule has 1 heterocycles. The molecule has 5 heteroatoms. The molecule has 0 saturated carbocycles. The third kappa shape index (κ3) is 2.71. The Labute approximate surface area is 110 Å². The van der Waals surface area contributed by atoms with Crippen LogP contribution in [0.15, 0.2) is 30.5 Å². The van der Waals surface area contributed by atoms with Crippen molar-refractivity contribution in [3.05, 3.63) is 52.6 Å². The van der Waals surface area contributed by atoms with E-state index >= 15 is 0 Å². The number of hydrogen-bond acceptors (Lipinski definition) is 2. The summed E-state index contributed by atoms with van der Waals surface area (Å²) in [4.78, 5) is 0. The molecule has 1 aromatic carbocycles. The van der Waals surface area contributed by atoms with Crippen LogP contribution in [-0.4, -0.2) is 14.9 Å². The average Bonchev–Trinajstić information content (AvgIpc) is 2.82. The summed E-state index contributed by atoms with van der Waals surface area (Å²) in [6, 6.07) is 5.89. The highest BCUT2D eigenvalue weighted by molar-refractivity contribution is 6.31. The van der Waals surface area contributed by atoms with Gasteiger partial charge in [0.1, 0.15) is 5.82 Å². The number of aryl methyl sites for hydroxylation is 1. The fourth-order valence-electron chi connectivity index (χ4n) is 1.90. The van der Waals surface area contributed by atoms with E-state index in [2.05, 4.69) is 5.10 Å². The summed E-state index contributed by atoms with van der Waals surface area (Å²) in [6.45, 7) is 2.62. The van der Waals surface area contributed by atoms with Gasteiger partial charge in [0.25, 0.3) is 0 Å². The molecule has 18 heavy (non-hydrogen) atoms. The van der Waals surface area contributed by atoms with Gasteiger partial charge < -0.3 is 5.11 Å². The molecule has 0 aliphatic rings. The number of aliphatic hydroxyl groups excluding tert-OH is 1. The van der Waals surface area contributed by atoms with E-state index in [-0.39, 0.29) is 12.2 Å². The summed E-state index contributed by atoms with van der Waals surface area (Å²) in [6.07, 6.45) is 1.16. The van der Waals surface area contributed by atoms with Crippen molar-refractivity contribution in [3.63, 3.8) is 0 Å². The van der Waals surface area contributed by atoms with E-state index < -0.39 is 6.10 Å². The Morgan fingerprint density at radius 3 is 2.94 bits per heavy atom. The van der Waals surface area contributed by atoms with Gasteiger partial charge >= 0.3 is 0 Å². The van der Waals surface area contributed by atoms with Gasteiger partial charge in [0.15, 0.2) is 0 Å². The second-order valence-electron chi connectivity index (χ2n) is 4.03. The minimum atomic E-state index is -0.744. The SMILES string of the molecule is CCn1nccc1C(O)Cc1cc(F)ccc1Cl. The number of halogens is 2. The predicted octanol–water partition coefficient (Wildman–Crippen LogP) is 2.97. The van der Waals surface area contributed by atoms with Gasteiger partial charge in [-0.2, -0.15) is 5.10 Å². The fourth-order valence-corrected chi connectivity index (χ4v) is 2.10. The number of hydrogen-bond donors (Lipinski definition) is 1. The van der Waals surface area contributed by atoms with Crippen LogP contribution >= 0.6 is 11.6 Å². The Balaban J connectivity index is 2.21. The Morgan fingerprint density at radius 2 is 2.22 bits per heavy atom. The topological polar surface area (TPSA) is 38.0 Å². The summed E-state index contributed by atoms with van der Waals surface area (Å²) in [5.41, 5.74) is 1.30. The maximum Gasteiger partial charge on any atom is 0.123 e. The third-order valence-corrected chi connectivity index (χ3v) is 3.18. The highest BCUT2D eigenvalue weighted by Crippen LogP contribution is 2.24. The minimum Gasteiger partial charge on any atom is -0.386 e. The molecule has 0 spiro atoms. The van der Waals surface area contributed by atoms with Gasteiger partial charge in [-0.05, 0) is 36.8 Å². The van der Waals surface area contributed by atoms with Crippen LogP contribution in [0.25, 0.3) is 0 Å². The van der Waals surface area contributed by atoms with Crippen molar-refractivity contribution in [3.8, 4) is 0 Å². The van der Waals surface area contributed by atoms with Crippen LogP contribution < -0.4 is 0 Å². The van der Waals surface area contributed by atoms with E-state index in [0.717, 1.165) is 0 Å². The van der Waals surface area contributed by atoms with Gasteiger partial charge in [-0.25, -0.2) is 4.39 Å². The lowest BCUT2D eigenvalue weighted by atomic mass is 10.1. The van der Waals surface area contributed by atoms with Crippen molar-refractivity contribution in [2.24, 2.45) is 0 Å². The van der Waals surface area contributed by atoms with Gasteiger partial charge in [0.05, 0.1) is 11.8 Å². The van der Waals surface area contributed by atoms with Gasteiger partial charge in [-0.3, -0.25) is 4.68 Å². The quantitative estimate of drug-likeness (QED) is 0.926. The maximum atomic E-state index is 13.1. The number of aromatic nitrogens is 2. The van der Waals surface area contributed by atoms with E-state index in [0.29, 0.717) is 22.8 Å². The van der Waals surface area contributed by atoms with Crippen LogP contribution in [0, 0.1) is 5.82 Å². The lowest BCUT2D eigenvalue weighted by Gasteiger charge is -2.13. The zero-order valence-corrected chi connectivity index (χ0v) is 10.7. The van der Waals surface area contributed by atoms with Gasteiger partial charge in [-0.1, -0.05) is 11.6 Å². The second kappa shape index (κ2) is 5.50. The Bertz CT molecular complexity index is 542. The van der Waals surface area contributed by atoms with E-state index in [1.807, 2.05) is 6.92 Å². The first kappa shape index (κ1) is 13.1. The van der Waals surface area contributed by atoms with Crippen LogP contribution in [0.5, 0.6) is 0 Å². The molecule has 1 atom stereocenters. The molecule has 0 amide bonds. The molecular formula is C13H14ClFN2O. The summed E-state index contributed by atoms with van der Waals surface area (Å²) < 4.78 is 14.8. The summed E-state index contributed by atoms with van der Waals surface area (Å²) in [5.74, 6) is -0.356. The third-order valence-electron chi connectivity index (χ3n) is 2.81. The zero-order chi connectivity index (χ0) is 13.1. The molecule has 1 unspecified atom stereocenters. The monoisotopic (exact) mass is 268 g/mol. The van der Waals surface area contributed by atoms with Crippen LogP contribution in [0.3, 0.4) is 0 Å². The predicted molar refractivity (Wildman–Crippen MR) is 68.0 cm³/mol. The van der Waals surface area contributed by atoms with E-state index in [9.17, 15) is 9.50 Å². The molecule has 0 aliphatic carbocycles. The molecule has 96 valence electrons. The van der Waals surface area contributed by atoms with E-state index in [1.54, 1.807) is 16.9 Å². The van der Waals surface area contributed by atoms with Crippen molar-refractivity contribution in [2.45, 2.75) is 26.0 Å². The number of aliphatic hydroxyl groups is 1.